The van der Waals surface area contributed by atoms with E-state index in [-0.39, 0.29) is 6.42 Å². The van der Waals surface area contributed by atoms with Crippen molar-refractivity contribution in [3.63, 3.8) is 0 Å². The highest BCUT2D eigenvalue weighted by Gasteiger charge is 2.40. The topological polar surface area (TPSA) is 92.5 Å². The fraction of sp³-hybridized carbons (Fsp3) is 1.00. The van der Waals surface area contributed by atoms with Crippen LogP contribution in [0.15, 0.2) is 0 Å². The first-order chi connectivity index (χ1) is 5.04. The van der Waals surface area contributed by atoms with E-state index in [2.05, 4.69) is 0 Å². The molecule has 4 unspecified atom stereocenters. The Hall–Kier alpha value is -0.230. The van der Waals surface area contributed by atoms with Crippen LogP contribution < -0.4 is 11.5 Å². The van der Waals surface area contributed by atoms with E-state index in [1.54, 1.807) is 0 Å². The van der Waals surface area contributed by atoms with Crippen molar-refractivity contribution in [1.82, 2.24) is 0 Å². The summed E-state index contributed by atoms with van der Waals surface area (Å²) in [5.74, 6) is 0. The van der Waals surface area contributed by atoms with E-state index in [0.717, 1.165) is 0 Å². The van der Waals surface area contributed by atoms with Gasteiger partial charge in [0.25, 0.3) is 0 Å². The van der Waals surface area contributed by atoms with Crippen molar-refractivity contribution in [2.75, 3.05) is 0 Å². The molecule has 1 aliphatic rings. The highest BCUT2D eigenvalue weighted by Crippen LogP contribution is 2.20. The third kappa shape index (κ3) is 1.51. The van der Waals surface area contributed by atoms with Crippen LogP contribution in [0.2, 0.25) is 0 Å². The monoisotopic (exact) mass is 164 g/mol. The van der Waals surface area contributed by atoms with Gasteiger partial charge in [-0.25, -0.2) is 4.39 Å². The Bertz CT molecular complexity index is 133. The van der Waals surface area contributed by atoms with Crippen LogP contribution in [0.3, 0.4) is 0 Å². The van der Waals surface area contributed by atoms with Gasteiger partial charge in [-0.2, -0.15) is 0 Å². The number of rotatable bonds is 0. The fourth-order valence-corrected chi connectivity index (χ4v) is 1.28. The summed E-state index contributed by atoms with van der Waals surface area (Å²) in [4.78, 5) is 0. The van der Waals surface area contributed by atoms with Crippen LogP contribution in [0.5, 0.6) is 0 Å². The van der Waals surface area contributed by atoms with Gasteiger partial charge in [-0.1, -0.05) is 0 Å². The van der Waals surface area contributed by atoms with Gasteiger partial charge in [0.2, 0.25) is 0 Å². The number of aliphatic hydroxyl groups is 2. The lowest BCUT2D eigenvalue weighted by Gasteiger charge is -2.35. The van der Waals surface area contributed by atoms with Crippen LogP contribution in [0, 0.1) is 0 Å². The molecular weight excluding hydrogens is 151 g/mol. The van der Waals surface area contributed by atoms with Crippen molar-refractivity contribution in [3.05, 3.63) is 0 Å². The SMILES string of the molecule is NC1CC(N)[C@@H](O)C(O)C1F. The molecule has 0 aromatic carbocycles. The molecule has 1 fully saturated rings. The minimum Gasteiger partial charge on any atom is -0.389 e. The summed E-state index contributed by atoms with van der Waals surface area (Å²) in [5.41, 5.74) is 10.7. The zero-order chi connectivity index (χ0) is 8.59. The minimum atomic E-state index is -1.57. The third-order valence-corrected chi connectivity index (χ3v) is 2.07. The molecule has 0 aromatic rings. The number of nitrogens with two attached hydrogens (primary N) is 2. The van der Waals surface area contributed by atoms with Gasteiger partial charge in [-0.05, 0) is 6.42 Å². The molecule has 0 amide bonds. The molecule has 5 atom stereocenters. The molecule has 1 aliphatic carbocycles. The van der Waals surface area contributed by atoms with E-state index >= 15 is 0 Å². The number of hydrogen-bond acceptors (Lipinski definition) is 4. The summed E-state index contributed by atoms with van der Waals surface area (Å²) in [6.45, 7) is 0. The summed E-state index contributed by atoms with van der Waals surface area (Å²) < 4.78 is 12.8. The van der Waals surface area contributed by atoms with Crippen molar-refractivity contribution >= 4 is 0 Å². The molecule has 1 rings (SSSR count). The Morgan fingerprint density at radius 3 is 2.18 bits per heavy atom. The second-order valence-electron chi connectivity index (χ2n) is 2.99. The summed E-state index contributed by atoms with van der Waals surface area (Å²) in [6.07, 6.45) is -3.98. The highest BCUT2D eigenvalue weighted by molar-refractivity contribution is 4.96. The van der Waals surface area contributed by atoms with Gasteiger partial charge in [-0.15, -0.1) is 0 Å². The Balaban J connectivity index is 2.63. The number of aliphatic hydroxyl groups excluding tert-OH is 2. The van der Waals surface area contributed by atoms with Gasteiger partial charge in [0.15, 0.2) is 0 Å². The van der Waals surface area contributed by atoms with Crippen LogP contribution in [-0.2, 0) is 0 Å². The normalized spacial score (nSPS) is 52.6. The molecule has 5 heteroatoms. The van der Waals surface area contributed by atoms with Gasteiger partial charge >= 0.3 is 0 Å². The standard InChI is InChI=1S/C6H13FN2O2/c7-4-2(8)1-3(9)5(10)6(4)11/h2-6,10-11H,1,8-9H2/t2?,3?,4?,5-,6?/m1/s1. The molecule has 0 saturated heterocycles. The van der Waals surface area contributed by atoms with Gasteiger partial charge in [0.05, 0.1) is 6.10 Å². The summed E-state index contributed by atoms with van der Waals surface area (Å²) >= 11 is 0. The predicted molar refractivity (Wildman–Crippen MR) is 37.5 cm³/mol. The van der Waals surface area contributed by atoms with Gasteiger partial charge in [0.1, 0.15) is 12.3 Å². The van der Waals surface area contributed by atoms with Gasteiger partial charge in [-0.3, -0.25) is 0 Å². The molecule has 0 aliphatic heterocycles. The van der Waals surface area contributed by atoms with E-state index < -0.39 is 30.5 Å². The molecule has 0 radical (unpaired) electrons. The molecule has 0 aromatic heterocycles. The summed E-state index contributed by atoms with van der Waals surface area (Å²) in [5, 5.41) is 18.1. The summed E-state index contributed by atoms with van der Waals surface area (Å²) in [7, 11) is 0. The molecule has 11 heavy (non-hydrogen) atoms. The lowest BCUT2D eigenvalue weighted by molar-refractivity contribution is -0.0719. The molecule has 0 bridgehead atoms. The first-order valence-electron chi connectivity index (χ1n) is 3.55. The molecule has 0 heterocycles. The highest BCUT2D eigenvalue weighted by atomic mass is 19.1. The molecule has 0 spiro atoms. The largest absolute Gasteiger partial charge is 0.389 e. The third-order valence-electron chi connectivity index (χ3n) is 2.07. The Morgan fingerprint density at radius 2 is 1.64 bits per heavy atom. The maximum absolute atomic E-state index is 12.8. The lowest BCUT2D eigenvalue weighted by atomic mass is 9.86. The second-order valence-corrected chi connectivity index (χ2v) is 2.99. The molecular formula is C6H13FN2O2. The van der Waals surface area contributed by atoms with E-state index in [9.17, 15) is 4.39 Å². The van der Waals surface area contributed by atoms with Crippen LogP contribution in [0.25, 0.3) is 0 Å². The zero-order valence-electron chi connectivity index (χ0n) is 6.02. The Kier molecular flexibility index (Phi) is 2.43. The Labute approximate surface area is 64.0 Å². The van der Waals surface area contributed by atoms with Crippen molar-refractivity contribution < 1.29 is 14.6 Å². The molecule has 66 valence electrons. The smallest absolute Gasteiger partial charge is 0.143 e. The fourth-order valence-electron chi connectivity index (χ4n) is 1.28. The first kappa shape index (κ1) is 8.86. The van der Waals surface area contributed by atoms with Crippen molar-refractivity contribution in [3.8, 4) is 0 Å². The molecule has 4 nitrogen and oxygen atoms in total. The van der Waals surface area contributed by atoms with Crippen LogP contribution >= 0.6 is 0 Å². The van der Waals surface area contributed by atoms with Gasteiger partial charge in [0, 0.05) is 12.1 Å². The zero-order valence-corrected chi connectivity index (χ0v) is 6.02. The van der Waals surface area contributed by atoms with E-state index in [1.165, 1.54) is 0 Å². The lowest BCUT2D eigenvalue weighted by Crippen LogP contribution is -2.59. The van der Waals surface area contributed by atoms with Crippen molar-refractivity contribution in [2.45, 2.75) is 36.9 Å². The maximum atomic E-state index is 12.8. The van der Waals surface area contributed by atoms with E-state index in [1.807, 2.05) is 0 Å². The van der Waals surface area contributed by atoms with Crippen LogP contribution in [-0.4, -0.2) is 40.7 Å². The molecule has 6 N–H and O–H groups in total. The second kappa shape index (κ2) is 3.02. The van der Waals surface area contributed by atoms with Crippen LogP contribution in [0.4, 0.5) is 4.39 Å². The molecule has 1 saturated carbocycles. The van der Waals surface area contributed by atoms with E-state index in [4.69, 9.17) is 21.7 Å². The average Bonchev–Trinajstić information content (AvgIpc) is 1.97. The number of alkyl halides is 1. The maximum Gasteiger partial charge on any atom is 0.143 e. The minimum absolute atomic E-state index is 0.208. The van der Waals surface area contributed by atoms with Crippen LogP contribution in [0.1, 0.15) is 6.42 Å². The Morgan fingerprint density at radius 1 is 1.09 bits per heavy atom. The van der Waals surface area contributed by atoms with Crippen molar-refractivity contribution in [1.29, 1.82) is 0 Å². The first-order valence-corrected chi connectivity index (χ1v) is 3.55. The predicted octanol–water partition coefficient (Wildman–Crippen LogP) is -1.90. The number of hydrogen-bond donors (Lipinski definition) is 4. The van der Waals surface area contributed by atoms with E-state index in [0.29, 0.717) is 0 Å². The summed E-state index contributed by atoms with van der Waals surface area (Å²) in [6, 6.07) is -1.38. The van der Waals surface area contributed by atoms with Crippen molar-refractivity contribution in [2.24, 2.45) is 11.5 Å². The number of halogens is 1. The average molecular weight is 164 g/mol. The van der Waals surface area contributed by atoms with Gasteiger partial charge < -0.3 is 21.7 Å². The quantitative estimate of drug-likeness (QED) is 0.336.